The molecule has 1 nitrogen and oxygen atoms in total. The lowest BCUT2D eigenvalue weighted by Gasteiger charge is -2.25. The van der Waals surface area contributed by atoms with Crippen molar-refractivity contribution >= 4 is 11.3 Å². The van der Waals surface area contributed by atoms with Crippen LogP contribution in [-0.4, -0.2) is 0 Å². The maximum Gasteiger partial charge on any atom is 0.155 e. The van der Waals surface area contributed by atoms with Crippen LogP contribution in [-0.2, 0) is 12.8 Å². The van der Waals surface area contributed by atoms with Gasteiger partial charge in [-0.1, -0.05) is 87.4 Å². The van der Waals surface area contributed by atoms with Gasteiger partial charge in [-0.3, -0.25) is 0 Å². The van der Waals surface area contributed by atoms with Crippen LogP contribution in [0.3, 0.4) is 0 Å². The standard InChI is InChI=1S/C32H34N/c1-4-13-26-18-11-19-27(14-5-2)31(26)33-32(30-22-10-9-15-24(30)3)29-21-12-20-28(23-29)25-16-7-6-8-17-25/h6-12,15-22,32-33H,4-5,13-14H2,1-3H3/q+1. The van der Waals surface area contributed by atoms with E-state index in [1.165, 1.54) is 39.1 Å². The average Bonchev–Trinajstić information content (AvgIpc) is 2.85. The molecule has 1 heteroatoms. The molecule has 1 aliphatic rings. The quantitative estimate of drug-likeness (QED) is 0.335. The summed E-state index contributed by atoms with van der Waals surface area (Å²) in [6.07, 6.45) is 14.7. The zero-order chi connectivity index (χ0) is 23.0. The second-order valence-corrected chi connectivity index (χ2v) is 8.77. The number of allylic oxidation sites excluding steroid dienone is 4. The van der Waals surface area contributed by atoms with Crippen LogP contribution in [0.5, 0.6) is 0 Å². The molecule has 1 unspecified atom stereocenters. The first kappa shape index (κ1) is 22.8. The van der Waals surface area contributed by atoms with Crippen molar-refractivity contribution in [1.29, 1.82) is 0 Å². The molecule has 0 aliphatic heterocycles. The van der Waals surface area contributed by atoms with Crippen LogP contribution in [0.1, 0.15) is 60.5 Å². The lowest BCUT2D eigenvalue weighted by Crippen LogP contribution is -2.17. The third-order valence-corrected chi connectivity index (χ3v) is 6.28. The molecule has 0 radical (unpaired) electrons. The van der Waals surface area contributed by atoms with E-state index in [-0.39, 0.29) is 6.04 Å². The van der Waals surface area contributed by atoms with Crippen LogP contribution in [0.25, 0.3) is 5.57 Å². The van der Waals surface area contributed by atoms with Crippen LogP contribution < -0.4 is 5.32 Å². The van der Waals surface area contributed by atoms with Gasteiger partial charge in [-0.15, -0.1) is 0 Å². The van der Waals surface area contributed by atoms with Gasteiger partial charge in [0.2, 0.25) is 0 Å². The molecule has 3 aromatic rings. The van der Waals surface area contributed by atoms with E-state index in [0.29, 0.717) is 0 Å². The zero-order valence-corrected chi connectivity index (χ0v) is 20.1. The van der Waals surface area contributed by atoms with Crippen molar-refractivity contribution in [3.63, 3.8) is 0 Å². The molecule has 33 heavy (non-hydrogen) atoms. The predicted molar refractivity (Wildman–Crippen MR) is 142 cm³/mol. The average molecular weight is 433 g/mol. The summed E-state index contributed by atoms with van der Waals surface area (Å²) in [4.78, 5) is 0. The smallest absolute Gasteiger partial charge is 0.155 e. The summed E-state index contributed by atoms with van der Waals surface area (Å²) in [5.74, 6) is 0. The third kappa shape index (κ3) is 5.33. The van der Waals surface area contributed by atoms with Gasteiger partial charge in [0.15, 0.2) is 5.57 Å². The second kappa shape index (κ2) is 10.9. The van der Waals surface area contributed by atoms with Crippen molar-refractivity contribution in [2.24, 2.45) is 0 Å². The maximum atomic E-state index is 4.01. The molecule has 0 bridgehead atoms. The molecular formula is C32H34N+. The molecule has 0 fully saturated rings. The van der Waals surface area contributed by atoms with E-state index in [4.69, 9.17) is 0 Å². The highest BCUT2D eigenvalue weighted by Gasteiger charge is 2.25. The summed E-state index contributed by atoms with van der Waals surface area (Å²) in [6, 6.07) is 26.1. The third-order valence-electron chi connectivity index (χ3n) is 6.28. The van der Waals surface area contributed by atoms with Gasteiger partial charge in [0.1, 0.15) is 11.6 Å². The number of hydrogen-bond acceptors (Lipinski definition) is 1. The van der Waals surface area contributed by atoms with Gasteiger partial charge in [-0.2, -0.15) is 0 Å². The van der Waals surface area contributed by atoms with Gasteiger partial charge in [0, 0.05) is 30.0 Å². The van der Waals surface area contributed by atoms with E-state index in [9.17, 15) is 0 Å². The van der Waals surface area contributed by atoms with Gasteiger partial charge in [-0.25, -0.2) is 0 Å². The molecule has 1 aliphatic carbocycles. The fraction of sp³-hybridized carbons (Fsp3) is 0.250. The number of hydrogen-bond donors (Lipinski definition) is 1. The van der Waals surface area contributed by atoms with E-state index < -0.39 is 0 Å². The molecule has 0 amide bonds. The largest absolute Gasteiger partial charge is 0.372 e. The molecule has 0 spiro atoms. The Labute approximate surface area is 199 Å². The topological polar surface area (TPSA) is 12.0 Å². The van der Waals surface area contributed by atoms with Crippen LogP contribution >= 0.6 is 0 Å². The lowest BCUT2D eigenvalue weighted by molar-refractivity contribution is 0.866. The molecule has 0 aromatic heterocycles. The van der Waals surface area contributed by atoms with Crippen LogP contribution in [0.4, 0.5) is 5.69 Å². The monoisotopic (exact) mass is 432 g/mol. The Hall–Kier alpha value is -3.41. The highest BCUT2D eigenvalue weighted by atomic mass is 14.9. The Kier molecular flexibility index (Phi) is 7.55. The van der Waals surface area contributed by atoms with E-state index in [1.54, 1.807) is 0 Å². The minimum absolute atomic E-state index is 0.0310. The number of rotatable bonds is 9. The van der Waals surface area contributed by atoms with E-state index in [1.807, 2.05) is 0 Å². The van der Waals surface area contributed by atoms with Gasteiger partial charge in [-0.05, 0) is 54.2 Å². The first-order chi connectivity index (χ1) is 16.2. The van der Waals surface area contributed by atoms with E-state index in [0.717, 1.165) is 31.3 Å². The molecule has 166 valence electrons. The van der Waals surface area contributed by atoms with Crippen molar-refractivity contribution in [1.82, 2.24) is 0 Å². The molecule has 0 heterocycles. The molecule has 0 saturated carbocycles. The van der Waals surface area contributed by atoms with Crippen molar-refractivity contribution in [2.75, 3.05) is 5.32 Å². The molecular weight excluding hydrogens is 398 g/mol. The SMILES string of the molecule is CCCc1cccc(CCC)c1NC(C1=CC=CC(c2ccccc2)=[C+]1)c1ccccc1C. The highest BCUT2D eigenvalue weighted by Crippen LogP contribution is 2.36. The van der Waals surface area contributed by atoms with Crippen molar-refractivity contribution in [3.05, 3.63) is 130 Å². The molecule has 4 rings (SSSR count). The number of para-hydroxylation sites is 1. The van der Waals surface area contributed by atoms with Crippen LogP contribution in [0.15, 0.2) is 96.6 Å². The maximum absolute atomic E-state index is 4.01. The van der Waals surface area contributed by atoms with Gasteiger partial charge < -0.3 is 5.32 Å². The van der Waals surface area contributed by atoms with Gasteiger partial charge in [0.25, 0.3) is 0 Å². The summed E-state index contributed by atoms with van der Waals surface area (Å²) >= 11 is 0. The molecule has 0 saturated heterocycles. The lowest BCUT2D eigenvalue weighted by atomic mass is 9.88. The van der Waals surface area contributed by atoms with E-state index >= 15 is 0 Å². The van der Waals surface area contributed by atoms with Gasteiger partial charge >= 0.3 is 0 Å². The van der Waals surface area contributed by atoms with Crippen LogP contribution in [0.2, 0.25) is 0 Å². The Morgan fingerprint density at radius 1 is 0.788 bits per heavy atom. The van der Waals surface area contributed by atoms with Crippen LogP contribution in [0, 0.1) is 13.0 Å². The summed E-state index contributed by atoms with van der Waals surface area (Å²) in [5.41, 5.74) is 10.2. The minimum atomic E-state index is 0.0310. The fourth-order valence-electron chi connectivity index (χ4n) is 4.61. The first-order valence-electron chi connectivity index (χ1n) is 12.2. The van der Waals surface area contributed by atoms with E-state index in [2.05, 4.69) is 123 Å². The van der Waals surface area contributed by atoms with Crippen molar-refractivity contribution < 1.29 is 0 Å². The van der Waals surface area contributed by atoms with Gasteiger partial charge in [0.05, 0.1) is 5.56 Å². The molecule has 1 N–H and O–H groups in total. The summed E-state index contributed by atoms with van der Waals surface area (Å²) in [5, 5.41) is 4.01. The Bertz CT molecular complexity index is 1140. The zero-order valence-electron chi connectivity index (χ0n) is 20.1. The number of benzene rings is 3. The van der Waals surface area contributed by atoms with Crippen molar-refractivity contribution in [2.45, 2.75) is 52.5 Å². The fourth-order valence-corrected chi connectivity index (χ4v) is 4.61. The summed E-state index contributed by atoms with van der Waals surface area (Å²) in [7, 11) is 0. The normalized spacial score (nSPS) is 13.7. The first-order valence-corrected chi connectivity index (χ1v) is 12.2. The minimum Gasteiger partial charge on any atom is -0.372 e. The van der Waals surface area contributed by atoms with Crippen molar-refractivity contribution in [3.8, 4) is 0 Å². The summed E-state index contributed by atoms with van der Waals surface area (Å²) < 4.78 is 0. The molecule has 1 atom stereocenters. The Morgan fingerprint density at radius 2 is 1.45 bits per heavy atom. The number of anilines is 1. The molecule has 3 aromatic carbocycles. The second-order valence-electron chi connectivity index (χ2n) is 8.77. The highest BCUT2D eigenvalue weighted by molar-refractivity contribution is 5.77. The Balaban J connectivity index is 1.80. The Morgan fingerprint density at radius 3 is 2.12 bits per heavy atom. The summed E-state index contributed by atoms with van der Waals surface area (Å²) in [6.45, 7) is 6.72. The number of aryl methyl sites for hydroxylation is 3. The number of nitrogens with one attached hydrogen (secondary N) is 1. The predicted octanol–water partition coefficient (Wildman–Crippen LogP) is 8.44.